The topological polar surface area (TPSA) is 107 Å². The third-order valence-electron chi connectivity index (χ3n) is 4.10. The van der Waals surface area contributed by atoms with Gasteiger partial charge in [-0.2, -0.15) is 10.2 Å². The highest BCUT2D eigenvalue weighted by Crippen LogP contribution is 2.29. The zero-order valence-electron chi connectivity index (χ0n) is 13.4. The lowest BCUT2D eigenvalue weighted by Crippen LogP contribution is -2.14. The molecule has 0 aliphatic carbocycles. The molecule has 0 radical (unpaired) electrons. The molecule has 0 amide bonds. The van der Waals surface area contributed by atoms with Crippen LogP contribution in [0.5, 0.6) is 0 Å². The molecule has 0 bridgehead atoms. The first-order valence-electron chi connectivity index (χ1n) is 7.67. The summed E-state index contributed by atoms with van der Waals surface area (Å²) in [6.07, 6.45) is 0.548. The fourth-order valence-corrected chi connectivity index (χ4v) is 4.66. The third kappa shape index (κ3) is 2.64. The number of aromatic amines is 1. The minimum atomic E-state index is -3.00. The fraction of sp³-hybridized carbons (Fsp3) is 0.400. The van der Waals surface area contributed by atoms with Crippen LogP contribution in [0.25, 0.3) is 23.0 Å². The smallest absolute Gasteiger partial charge is 0.179 e. The Hall–Kier alpha value is -2.42. The Balaban J connectivity index is 1.71. The largest absolute Gasteiger partial charge is 0.460 e. The van der Waals surface area contributed by atoms with E-state index < -0.39 is 9.84 Å². The molecular weight excluding hydrogens is 330 g/mol. The Morgan fingerprint density at radius 2 is 2.17 bits per heavy atom. The third-order valence-corrected chi connectivity index (χ3v) is 5.85. The lowest BCUT2D eigenvalue weighted by Gasteiger charge is -2.10. The molecule has 3 aromatic rings. The van der Waals surface area contributed by atoms with Crippen LogP contribution in [0.2, 0.25) is 0 Å². The zero-order valence-corrected chi connectivity index (χ0v) is 14.2. The maximum absolute atomic E-state index is 11.8. The van der Waals surface area contributed by atoms with Crippen molar-refractivity contribution < 1.29 is 12.8 Å². The second-order valence-electron chi connectivity index (χ2n) is 6.06. The van der Waals surface area contributed by atoms with Crippen molar-refractivity contribution in [2.45, 2.75) is 26.3 Å². The normalized spacial score (nSPS) is 19.8. The number of aromatic nitrogens is 5. The lowest BCUT2D eigenvalue weighted by molar-refractivity contribution is 0.501. The molecule has 24 heavy (non-hydrogen) atoms. The summed E-state index contributed by atoms with van der Waals surface area (Å²) in [7, 11) is -3.00. The van der Waals surface area contributed by atoms with Crippen LogP contribution in [-0.4, -0.2) is 44.9 Å². The van der Waals surface area contributed by atoms with Crippen LogP contribution < -0.4 is 0 Å². The van der Waals surface area contributed by atoms with Gasteiger partial charge < -0.3 is 4.42 Å². The number of sulfone groups is 1. The van der Waals surface area contributed by atoms with Gasteiger partial charge in [-0.3, -0.25) is 5.10 Å². The van der Waals surface area contributed by atoms with Crippen LogP contribution in [0.15, 0.2) is 22.6 Å². The van der Waals surface area contributed by atoms with E-state index in [9.17, 15) is 8.42 Å². The Labute approximate surface area is 138 Å². The molecule has 8 nitrogen and oxygen atoms in total. The van der Waals surface area contributed by atoms with Gasteiger partial charge in [-0.1, -0.05) is 0 Å². The van der Waals surface area contributed by atoms with Gasteiger partial charge in [-0.15, -0.1) is 0 Å². The molecular formula is C15H17N5O3S. The minimum Gasteiger partial charge on any atom is -0.460 e. The second-order valence-corrected chi connectivity index (χ2v) is 8.29. The predicted octanol–water partition coefficient (Wildman–Crippen LogP) is 1.90. The molecule has 3 aromatic heterocycles. The number of aryl methyl sites for hydroxylation is 2. The van der Waals surface area contributed by atoms with Gasteiger partial charge in [0.05, 0.1) is 17.5 Å². The van der Waals surface area contributed by atoms with Gasteiger partial charge in [0.1, 0.15) is 23.0 Å². The van der Waals surface area contributed by atoms with Gasteiger partial charge in [0.25, 0.3) is 0 Å². The summed E-state index contributed by atoms with van der Waals surface area (Å²) in [5.41, 5.74) is 1.35. The maximum atomic E-state index is 11.8. The van der Waals surface area contributed by atoms with E-state index >= 15 is 0 Å². The highest BCUT2D eigenvalue weighted by Gasteiger charge is 2.32. The van der Waals surface area contributed by atoms with E-state index in [1.165, 1.54) is 0 Å². The van der Waals surface area contributed by atoms with Gasteiger partial charge >= 0.3 is 0 Å². The zero-order chi connectivity index (χ0) is 16.9. The van der Waals surface area contributed by atoms with Crippen LogP contribution >= 0.6 is 0 Å². The first-order chi connectivity index (χ1) is 11.4. The van der Waals surface area contributed by atoms with E-state index in [2.05, 4.69) is 20.3 Å². The highest BCUT2D eigenvalue weighted by molar-refractivity contribution is 7.91. The molecule has 4 heterocycles. The summed E-state index contributed by atoms with van der Waals surface area (Å²) < 4.78 is 30.8. The molecule has 1 aliphatic rings. The average molecular weight is 347 g/mol. The van der Waals surface area contributed by atoms with Gasteiger partial charge in [0.2, 0.25) is 0 Å². The van der Waals surface area contributed by atoms with Crippen molar-refractivity contribution in [2.75, 3.05) is 11.5 Å². The highest BCUT2D eigenvalue weighted by atomic mass is 32.2. The molecule has 0 spiro atoms. The Kier molecular flexibility index (Phi) is 3.34. The van der Waals surface area contributed by atoms with Crippen molar-refractivity contribution in [3.8, 4) is 23.0 Å². The van der Waals surface area contributed by atoms with Crippen LogP contribution in [0.1, 0.15) is 24.0 Å². The molecule has 1 atom stereocenters. The van der Waals surface area contributed by atoms with Gasteiger partial charge in [-0.05, 0) is 38.5 Å². The van der Waals surface area contributed by atoms with Crippen molar-refractivity contribution >= 4 is 9.84 Å². The number of furan rings is 1. The second kappa shape index (κ2) is 5.30. The van der Waals surface area contributed by atoms with E-state index in [0.29, 0.717) is 29.5 Å². The fourth-order valence-electron chi connectivity index (χ4n) is 2.97. The molecule has 1 fully saturated rings. The molecule has 126 valence electrons. The number of H-pyrrole nitrogens is 1. The van der Waals surface area contributed by atoms with Crippen molar-refractivity contribution in [3.63, 3.8) is 0 Å². The van der Waals surface area contributed by atoms with Crippen molar-refractivity contribution in [3.05, 3.63) is 29.8 Å². The van der Waals surface area contributed by atoms with Crippen LogP contribution in [0.4, 0.5) is 0 Å². The van der Waals surface area contributed by atoms with E-state index in [0.717, 1.165) is 11.5 Å². The number of rotatable bonds is 3. The lowest BCUT2D eigenvalue weighted by atomic mass is 10.2. The molecule has 0 saturated carbocycles. The number of hydrogen-bond donors (Lipinski definition) is 1. The summed E-state index contributed by atoms with van der Waals surface area (Å²) in [6, 6.07) is 5.39. The maximum Gasteiger partial charge on any atom is 0.179 e. The standard InChI is InChI=1S/C15H17N5O3S/c1-9-3-4-14(23-9)12-7-13(18-17-12)15-16-10(2)19-20(15)11-5-6-24(21,22)8-11/h3-4,7,11H,5-6,8H2,1-2H3,(H,17,18). The number of hydrogen-bond acceptors (Lipinski definition) is 6. The van der Waals surface area contributed by atoms with Crippen LogP contribution in [0, 0.1) is 13.8 Å². The number of nitrogens with one attached hydrogen (secondary N) is 1. The predicted molar refractivity (Wildman–Crippen MR) is 87.1 cm³/mol. The molecule has 0 aromatic carbocycles. The van der Waals surface area contributed by atoms with E-state index in [1.54, 1.807) is 11.6 Å². The van der Waals surface area contributed by atoms with Crippen molar-refractivity contribution in [2.24, 2.45) is 0 Å². The summed E-state index contributed by atoms with van der Waals surface area (Å²) in [5.74, 6) is 2.95. The Morgan fingerprint density at radius 1 is 1.33 bits per heavy atom. The average Bonchev–Trinajstić information content (AvgIpc) is 3.24. The van der Waals surface area contributed by atoms with Gasteiger partial charge in [0.15, 0.2) is 21.4 Å². The van der Waals surface area contributed by atoms with Crippen molar-refractivity contribution in [1.29, 1.82) is 0 Å². The first-order valence-corrected chi connectivity index (χ1v) is 9.49. The summed E-state index contributed by atoms with van der Waals surface area (Å²) in [5, 5.41) is 11.6. The summed E-state index contributed by atoms with van der Waals surface area (Å²) in [4.78, 5) is 4.43. The molecule has 9 heteroatoms. The van der Waals surface area contributed by atoms with Crippen LogP contribution in [-0.2, 0) is 9.84 Å². The van der Waals surface area contributed by atoms with Gasteiger partial charge in [-0.25, -0.2) is 18.1 Å². The monoisotopic (exact) mass is 347 g/mol. The molecule has 1 aliphatic heterocycles. The number of nitrogens with zero attached hydrogens (tertiary/aromatic N) is 4. The Morgan fingerprint density at radius 3 is 2.83 bits per heavy atom. The summed E-state index contributed by atoms with van der Waals surface area (Å²) in [6.45, 7) is 3.66. The van der Waals surface area contributed by atoms with E-state index in [-0.39, 0.29) is 17.5 Å². The SMILES string of the molecule is Cc1nc(-c2cc(-c3ccc(C)o3)[nH]n2)n(C2CCS(=O)(=O)C2)n1. The molecule has 1 unspecified atom stereocenters. The van der Waals surface area contributed by atoms with Crippen LogP contribution in [0.3, 0.4) is 0 Å². The Bertz CT molecular complexity index is 998. The van der Waals surface area contributed by atoms with Crippen molar-refractivity contribution in [1.82, 2.24) is 25.0 Å². The quantitative estimate of drug-likeness (QED) is 0.775. The molecule has 1 N–H and O–H groups in total. The van der Waals surface area contributed by atoms with Gasteiger partial charge in [0, 0.05) is 0 Å². The van der Waals surface area contributed by atoms with E-state index in [1.807, 2.05) is 25.1 Å². The molecule has 1 saturated heterocycles. The first kappa shape index (κ1) is 15.1. The minimum absolute atomic E-state index is 0.0947. The van der Waals surface area contributed by atoms with E-state index in [4.69, 9.17) is 4.42 Å². The summed E-state index contributed by atoms with van der Waals surface area (Å²) >= 11 is 0. The molecule has 4 rings (SSSR count).